The smallest absolute Gasteiger partial charge is 0.252 e. The number of furan rings is 1. The lowest BCUT2D eigenvalue weighted by Gasteiger charge is -2.44. The topological polar surface area (TPSA) is 19.6 Å². The van der Waals surface area contributed by atoms with Gasteiger partial charge in [-0.2, -0.15) is 0 Å². The van der Waals surface area contributed by atoms with Gasteiger partial charge in [-0.05, 0) is 65.8 Å². The van der Waals surface area contributed by atoms with Crippen LogP contribution in [0.25, 0.3) is 21.9 Å². The molecule has 0 bridgehead atoms. The third kappa shape index (κ3) is 3.83. The second-order valence-electron chi connectivity index (χ2n) is 10.8. The van der Waals surface area contributed by atoms with Crippen LogP contribution in [-0.4, -0.2) is 6.71 Å². The summed E-state index contributed by atoms with van der Waals surface area (Å²) in [7, 11) is 0. The molecule has 0 N–H and O–H groups in total. The van der Waals surface area contributed by atoms with Crippen LogP contribution in [0.1, 0.15) is 27.2 Å². The zero-order valence-corrected chi connectivity index (χ0v) is 24.3. The summed E-state index contributed by atoms with van der Waals surface area (Å²) in [6, 6.07) is 39.1. The van der Waals surface area contributed by atoms with E-state index in [4.69, 9.17) is 4.42 Å². The lowest BCUT2D eigenvalue weighted by Crippen LogP contribution is -2.61. The van der Waals surface area contributed by atoms with E-state index in [0.29, 0.717) is 0 Å². The monoisotopic (exact) mass is 544 g/mol. The van der Waals surface area contributed by atoms with Crippen LogP contribution in [-0.2, 0) is 0 Å². The van der Waals surface area contributed by atoms with Crippen molar-refractivity contribution in [1.82, 2.24) is 0 Å². The predicted octanol–water partition coefficient (Wildman–Crippen LogP) is 8.84. The third-order valence-electron chi connectivity index (χ3n) is 8.17. The zero-order valence-electron chi connectivity index (χ0n) is 24.3. The van der Waals surface area contributed by atoms with Gasteiger partial charge in [-0.25, -0.2) is 0 Å². The highest BCUT2D eigenvalue weighted by molar-refractivity contribution is 7.00. The standard InChI is InChI=1S/C35H25BN2O.C3H8/c1-3-23(4-2)37-30-18-12-19-31-35(30)36(27-16-9-10-17-29(27)38(31)24-13-6-5-7-14-24)28-21-26-25-15-8-11-20-33(25)39-34(26)22-32(28)37;1-3-2/h3-22H,1H2,2H3;3H2,1-2H3/b23-4+;. The van der Waals surface area contributed by atoms with Crippen LogP contribution in [0, 0.1) is 0 Å². The molecule has 4 heteroatoms. The maximum absolute atomic E-state index is 6.37. The summed E-state index contributed by atoms with van der Waals surface area (Å²) in [6.45, 7) is 10.6. The number of rotatable bonds is 3. The first-order valence-corrected chi connectivity index (χ1v) is 14.8. The lowest BCUT2D eigenvalue weighted by atomic mass is 9.33. The van der Waals surface area contributed by atoms with Gasteiger partial charge in [0.2, 0.25) is 0 Å². The molecule has 1 aromatic heterocycles. The molecular formula is C38H33BN2O. The second-order valence-corrected chi connectivity index (χ2v) is 10.8. The van der Waals surface area contributed by atoms with Crippen LogP contribution in [0.4, 0.5) is 28.4 Å². The summed E-state index contributed by atoms with van der Waals surface area (Å²) in [4.78, 5) is 4.75. The molecule has 42 heavy (non-hydrogen) atoms. The van der Waals surface area contributed by atoms with Crippen LogP contribution in [0.15, 0.2) is 138 Å². The minimum absolute atomic E-state index is 0.0830. The van der Waals surface area contributed by atoms with E-state index >= 15 is 0 Å². The molecule has 0 radical (unpaired) electrons. The molecule has 204 valence electrons. The van der Waals surface area contributed by atoms with E-state index in [2.05, 4.69) is 140 Å². The number of benzene rings is 5. The van der Waals surface area contributed by atoms with Crippen LogP contribution < -0.4 is 26.2 Å². The van der Waals surface area contributed by atoms with Gasteiger partial charge < -0.3 is 14.2 Å². The highest BCUT2D eigenvalue weighted by Gasteiger charge is 2.43. The van der Waals surface area contributed by atoms with Crippen molar-refractivity contribution in [3.05, 3.63) is 134 Å². The molecule has 0 spiro atoms. The van der Waals surface area contributed by atoms with E-state index < -0.39 is 0 Å². The fraction of sp³-hybridized carbons (Fsp3) is 0.105. The number of hydrogen-bond acceptors (Lipinski definition) is 3. The van der Waals surface area contributed by atoms with E-state index in [1.807, 2.05) is 18.2 Å². The van der Waals surface area contributed by atoms with E-state index in [1.165, 1.54) is 39.9 Å². The quantitative estimate of drug-likeness (QED) is 0.164. The molecule has 0 unspecified atom stereocenters. The van der Waals surface area contributed by atoms with E-state index in [0.717, 1.165) is 39.0 Å². The molecule has 0 atom stereocenters. The summed E-state index contributed by atoms with van der Waals surface area (Å²) in [5.74, 6) is 0. The largest absolute Gasteiger partial charge is 0.456 e. The van der Waals surface area contributed by atoms with Crippen LogP contribution >= 0.6 is 0 Å². The highest BCUT2D eigenvalue weighted by atomic mass is 16.3. The van der Waals surface area contributed by atoms with Crippen molar-refractivity contribution in [3.8, 4) is 0 Å². The average molecular weight is 545 g/mol. The molecular weight excluding hydrogens is 511 g/mol. The van der Waals surface area contributed by atoms with Gasteiger partial charge in [0.05, 0.1) is 0 Å². The SMILES string of the molecule is C=C/C(=C\C)N1c2cc3oc4ccccc4c3cc2B2c3ccccc3N(c3ccccc3)c3cccc1c32.CCC. The number of fused-ring (bicyclic) bond motifs is 7. The Labute approximate surface area is 248 Å². The molecule has 0 aliphatic carbocycles. The van der Waals surface area contributed by atoms with Crippen molar-refractivity contribution >= 4 is 73.5 Å². The molecule has 8 rings (SSSR count). The highest BCUT2D eigenvalue weighted by Crippen LogP contribution is 2.43. The number of anilines is 5. The Morgan fingerprint density at radius 1 is 0.714 bits per heavy atom. The van der Waals surface area contributed by atoms with Crippen molar-refractivity contribution in [1.29, 1.82) is 0 Å². The van der Waals surface area contributed by atoms with Crippen molar-refractivity contribution in [2.24, 2.45) is 0 Å². The Kier molecular flexibility index (Phi) is 6.47. The zero-order chi connectivity index (χ0) is 28.8. The summed E-state index contributed by atoms with van der Waals surface area (Å²) >= 11 is 0. The van der Waals surface area contributed by atoms with Gasteiger partial charge in [-0.15, -0.1) is 0 Å². The average Bonchev–Trinajstić information content (AvgIpc) is 3.40. The van der Waals surface area contributed by atoms with Gasteiger partial charge in [0.1, 0.15) is 11.2 Å². The van der Waals surface area contributed by atoms with Crippen molar-refractivity contribution in [2.75, 3.05) is 9.80 Å². The van der Waals surface area contributed by atoms with Crippen molar-refractivity contribution in [2.45, 2.75) is 27.2 Å². The summed E-state index contributed by atoms with van der Waals surface area (Å²) in [6.07, 6.45) is 5.32. The number of allylic oxidation sites excluding steroid dienone is 2. The van der Waals surface area contributed by atoms with Crippen LogP contribution in [0.3, 0.4) is 0 Å². The van der Waals surface area contributed by atoms with E-state index in [9.17, 15) is 0 Å². The Balaban J connectivity index is 0.000000923. The van der Waals surface area contributed by atoms with Crippen LogP contribution in [0.5, 0.6) is 0 Å². The molecule has 0 saturated carbocycles. The van der Waals surface area contributed by atoms with E-state index in [-0.39, 0.29) is 6.71 Å². The van der Waals surface area contributed by atoms with Crippen molar-refractivity contribution in [3.63, 3.8) is 0 Å². The summed E-state index contributed by atoms with van der Waals surface area (Å²) in [5, 5.41) is 2.29. The van der Waals surface area contributed by atoms with E-state index in [1.54, 1.807) is 0 Å². The molecule has 5 aromatic carbocycles. The van der Waals surface area contributed by atoms with Gasteiger partial charge in [-0.3, -0.25) is 0 Å². The number of nitrogens with zero attached hydrogens (tertiary/aromatic N) is 2. The fourth-order valence-corrected chi connectivity index (χ4v) is 6.57. The molecule has 0 fully saturated rings. The second kappa shape index (κ2) is 10.5. The molecule has 2 aliphatic heterocycles. The van der Waals surface area contributed by atoms with Crippen LogP contribution in [0.2, 0.25) is 0 Å². The predicted molar refractivity (Wildman–Crippen MR) is 182 cm³/mol. The summed E-state index contributed by atoms with van der Waals surface area (Å²) in [5.41, 5.74) is 12.6. The normalized spacial score (nSPS) is 13.3. The molecule has 0 amide bonds. The van der Waals surface area contributed by atoms with Gasteiger partial charge >= 0.3 is 0 Å². The fourth-order valence-electron chi connectivity index (χ4n) is 6.57. The first kappa shape index (κ1) is 26.0. The maximum atomic E-state index is 6.37. The lowest BCUT2D eigenvalue weighted by molar-refractivity contribution is 0.669. The molecule has 6 aromatic rings. The first-order chi connectivity index (χ1) is 20.7. The third-order valence-corrected chi connectivity index (χ3v) is 8.17. The Morgan fingerprint density at radius 3 is 2.19 bits per heavy atom. The molecule has 3 heterocycles. The molecule has 2 aliphatic rings. The Hall–Kier alpha value is -4.96. The van der Waals surface area contributed by atoms with Crippen molar-refractivity contribution < 1.29 is 4.42 Å². The summed E-state index contributed by atoms with van der Waals surface area (Å²) < 4.78 is 6.37. The first-order valence-electron chi connectivity index (χ1n) is 14.8. The molecule has 3 nitrogen and oxygen atoms in total. The van der Waals surface area contributed by atoms with Gasteiger partial charge in [0.15, 0.2) is 0 Å². The Morgan fingerprint density at radius 2 is 1.40 bits per heavy atom. The molecule has 0 saturated heterocycles. The van der Waals surface area contributed by atoms with Gasteiger partial charge in [0.25, 0.3) is 6.71 Å². The minimum atomic E-state index is 0.0830. The Bertz CT molecular complexity index is 1990. The van der Waals surface area contributed by atoms with Gasteiger partial charge in [0, 0.05) is 51.0 Å². The number of para-hydroxylation sites is 3. The minimum Gasteiger partial charge on any atom is -0.456 e. The number of hydrogen-bond donors (Lipinski definition) is 0. The maximum Gasteiger partial charge on any atom is 0.252 e. The van der Waals surface area contributed by atoms with Gasteiger partial charge in [-0.1, -0.05) is 99.7 Å².